The van der Waals surface area contributed by atoms with Crippen LogP contribution >= 0.6 is 0 Å². The Kier molecular flexibility index (Phi) is 4.82. The molecule has 0 atom stereocenters. The number of aromatic nitrogens is 3. The summed E-state index contributed by atoms with van der Waals surface area (Å²) in [6.07, 6.45) is 3.88. The van der Waals surface area contributed by atoms with Gasteiger partial charge in [0.1, 0.15) is 10.6 Å². The van der Waals surface area contributed by atoms with E-state index < -0.39 is 10.0 Å². The van der Waals surface area contributed by atoms with Crippen LogP contribution in [0.25, 0.3) is 10.9 Å². The molecule has 25 heavy (non-hydrogen) atoms. The third kappa shape index (κ3) is 3.40. The number of benzene rings is 1. The van der Waals surface area contributed by atoms with Crippen molar-refractivity contribution in [1.82, 2.24) is 19.5 Å². The summed E-state index contributed by atoms with van der Waals surface area (Å²) in [5.41, 5.74) is 2.68. The van der Waals surface area contributed by atoms with Crippen molar-refractivity contribution in [2.45, 2.75) is 31.7 Å². The quantitative estimate of drug-likeness (QED) is 0.674. The number of aromatic amines is 1. The molecule has 0 saturated heterocycles. The second kappa shape index (κ2) is 6.89. The molecule has 0 saturated carbocycles. The van der Waals surface area contributed by atoms with Gasteiger partial charge in [-0.3, -0.25) is 4.68 Å². The number of H-pyrrole nitrogens is 1. The van der Waals surface area contributed by atoms with Crippen molar-refractivity contribution in [2.75, 3.05) is 13.7 Å². The Morgan fingerprint density at radius 2 is 2.16 bits per heavy atom. The molecule has 0 radical (unpaired) electrons. The van der Waals surface area contributed by atoms with Gasteiger partial charge in [0.15, 0.2) is 0 Å². The normalized spacial score (nSPS) is 12.0. The highest BCUT2D eigenvalue weighted by molar-refractivity contribution is 7.89. The Morgan fingerprint density at radius 1 is 1.36 bits per heavy atom. The molecule has 0 aliphatic heterocycles. The van der Waals surface area contributed by atoms with Gasteiger partial charge in [-0.15, -0.1) is 0 Å². The maximum absolute atomic E-state index is 12.5. The first-order chi connectivity index (χ1) is 12.0. The fraction of sp³-hybridized carbons (Fsp3) is 0.353. The molecule has 8 heteroatoms. The standard InChI is InChI=1S/C17H22N4O3S/c1-4-21-12(2)17(11-19-21)25(22,23)20-8-7-13-10-18-16-6-5-14(24-3)9-15(13)16/h5-6,9-11,18,20H,4,7-8H2,1-3H3. The van der Waals surface area contributed by atoms with Crippen molar-refractivity contribution in [3.63, 3.8) is 0 Å². The van der Waals surface area contributed by atoms with Gasteiger partial charge < -0.3 is 9.72 Å². The van der Waals surface area contributed by atoms with Gasteiger partial charge in [0.25, 0.3) is 0 Å². The van der Waals surface area contributed by atoms with Gasteiger partial charge in [0.05, 0.1) is 19.0 Å². The average molecular weight is 362 g/mol. The lowest BCUT2D eigenvalue weighted by atomic mass is 10.1. The van der Waals surface area contributed by atoms with Crippen LogP contribution in [-0.2, 0) is 23.0 Å². The van der Waals surface area contributed by atoms with Crippen LogP contribution in [0.4, 0.5) is 0 Å². The molecule has 3 aromatic rings. The maximum atomic E-state index is 12.5. The van der Waals surface area contributed by atoms with Gasteiger partial charge in [0.2, 0.25) is 10.0 Å². The number of sulfonamides is 1. The fourth-order valence-electron chi connectivity index (χ4n) is 2.90. The summed E-state index contributed by atoms with van der Waals surface area (Å²) < 4.78 is 34.5. The van der Waals surface area contributed by atoms with E-state index in [1.54, 1.807) is 18.7 Å². The van der Waals surface area contributed by atoms with Gasteiger partial charge in [-0.2, -0.15) is 5.10 Å². The number of rotatable bonds is 7. The number of aryl methyl sites for hydroxylation is 1. The maximum Gasteiger partial charge on any atom is 0.243 e. The molecule has 0 bridgehead atoms. The fourth-order valence-corrected chi connectivity index (χ4v) is 4.11. The van der Waals surface area contributed by atoms with Crippen LogP contribution in [0.15, 0.2) is 35.5 Å². The molecule has 1 aromatic carbocycles. The van der Waals surface area contributed by atoms with Crippen LogP contribution in [0.5, 0.6) is 5.75 Å². The SMILES string of the molecule is CCn1ncc(S(=O)(=O)NCCc2c[nH]c3ccc(OC)cc23)c1C. The number of nitrogens with zero attached hydrogens (tertiary/aromatic N) is 2. The first-order valence-corrected chi connectivity index (χ1v) is 9.60. The second-order valence-electron chi connectivity index (χ2n) is 5.78. The molecule has 0 spiro atoms. The van der Waals surface area contributed by atoms with Crippen molar-refractivity contribution >= 4 is 20.9 Å². The number of hydrogen-bond acceptors (Lipinski definition) is 4. The molecule has 0 fully saturated rings. The Hall–Kier alpha value is -2.32. The average Bonchev–Trinajstić information content (AvgIpc) is 3.18. The summed E-state index contributed by atoms with van der Waals surface area (Å²) in [5, 5.41) is 5.13. The zero-order valence-electron chi connectivity index (χ0n) is 14.5. The van der Waals surface area contributed by atoms with Crippen LogP contribution in [0.3, 0.4) is 0 Å². The van der Waals surface area contributed by atoms with Crippen LogP contribution in [0.2, 0.25) is 0 Å². The monoisotopic (exact) mass is 362 g/mol. The highest BCUT2D eigenvalue weighted by atomic mass is 32.2. The van der Waals surface area contributed by atoms with E-state index in [4.69, 9.17) is 4.74 Å². The third-order valence-corrected chi connectivity index (χ3v) is 5.87. The molecule has 2 N–H and O–H groups in total. The molecular weight excluding hydrogens is 340 g/mol. The molecule has 0 aliphatic carbocycles. The molecule has 0 aliphatic rings. The summed E-state index contributed by atoms with van der Waals surface area (Å²) in [6, 6.07) is 5.79. The van der Waals surface area contributed by atoms with E-state index in [0.717, 1.165) is 22.2 Å². The largest absolute Gasteiger partial charge is 0.497 e. The Bertz CT molecular complexity index is 989. The van der Waals surface area contributed by atoms with Crippen molar-refractivity contribution in [1.29, 1.82) is 0 Å². The lowest BCUT2D eigenvalue weighted by molar-refractivity contribution is 0.415. The number of methoxy groups -OCH3 is 1. The zero-order valence-corrected chi connectivity index (χ0v) is 15.4. The van der Waals surface area contributed by atoms with E-state index in [2.05, 4.69) is 14.8 Å². The predicted octanol–water partition coefficient (Wildman–Crippen LogP) is 2.22. The van der Waals surface area contributed by atoms with Crippen LogP contribution in [0.1, 0.15) is 18.2 Å². The Morgan fingerprint density at radius 3 is 2.84 bits per heavy atom. The number of ether oxygens (including phenoxy) is 1. The van der Waals surface area contributed by atoms with Crippen molar-refractivity contribution < 1.29 is 13.2 Å². The van der Waals surface area contributed by atoms with Crippen molar-refractivity contribution in [3.05, 3.63) is 41.9 Å². The number of hydrogen-bond donors (Lipinski definition) is 2. The Labute approximate surface area is 147 Å². The van der Waals surface area contributed by atoms with E-state index in [0.29, 0.717) is 25.2 Å². The first kappa shape index (κ1) is 17.5. The molecule has 2 aromatic heterocycles. The molecular formula is C17H22N4O3S. The van der Waals surface area contributed by atoms with Crippen molar-refractivity contribution in [2.24, 2.45) is 0 Å². The summed E-state index contributed by atoms with van der Waals surface area (Å²) in [4.78, 5) is 3.42. The molecule has 7 nitrogen and oxygen atoms in total. The van der Waals surface area contributed by atoms with Gasteiger partial charge in [-0.1, -0.05) is 0 Å². The summed E-state index contributed by atoms with van der Waals surface area (Å²) in [6.45, 7) is 4.63. The molecule has 0 unspecified atom stereocenters. The minimum absolute atomic E-state index is 0.231. The lowest BCUT2D eigenvalue weighted by Crippen LogP contribution is -2.26. The molecule has 3 rings (SSSR count). The van der Waals surface area contributed by atoms with Gasteiger partial charge in [0, 0.05) is 30.2 Å². The molecule has 0 amide bonds. The van der Waals surface area contributed by atoms with Crippen LogP contribution in [0, 0.1) is 6.92 Å². The summed E-state index contributed by atoms with van der Waals surface area (Å²) >= 11 is 0. The van der Waals surface area contributed by atoms with Crippen LogP contribution in [-0.4, -0.2) is 36.8 Å². The smallest absolute Gasteiger partial charge is 0.243 e. The summed E-state index contributed by atoms with van der Waals surface area (Å²) in [7, 11) is -1.94. The highest BCUT2D eigenvalue weighted by Crippen LogP contribution is 2.24. The van der Waals surface area contributed by atoms with Crippen molar-refractivity contribution in [3.8, 4) is 5.75 Å². The van der Waals surface area contributed by atoms with Crippen LogP contribution < -0.4 is 9.46 Å². The van der Waals surface area contributed by atoms with E-state index in [1.165, 1.54) is 6.20 Å². The van der Waals surface area contributed by atoms with Gasteiger partial charge in [-0.25, -0.2) is 13.1 Å². The lowest BCUT2D eigenvalue weighted by Gasteiger charge is -2.07. The summed E-state index contributed by atoms with van der Waals surface area (Å²) in [5.74, 6) is 0.775. The Balaban J connectivity index is 1.73. The number of nitrogens with one attached hydrogen (secondary N) is 2. The van der Waals surface area contributed by atoms with E-state index in [9.17, 15) is 8.42 Å². The molecule has 2 heterocycles. The molecule has 134 valence electrons. The van der Waals surface area contributed by atoms with Gasteiger partial charge in [-0.05, 0) is 44.0 Å². The first-order valence-electron chi connectivity index (χ1n) is 8.12. The van der Waals surface area contributed by atoms with E-state index in [1.807, 2.05) is 31.3 Å². The third-order valence-electron chi connectivity index (χ3n) is 4.31. The van der Waals surface area contributed by atoms with E-state index >= 15 is 0 Å². The predicted molar refractivity (Wildman–Crippen MR) is 96.4 cm³/mol. The topological polar surface area (TPSA) is 89.0 Å². The highest BCUT2D eigenvalue weighted by Gasteiger charge is 2.20. The van der Waals surface area contributed by atoms with Gasteiger partial charge >= 0.3 is 0 Å². The van der Waals surface area contributed by atoms with E-state index in [-0.39, 0.29) is 4.90 Å². The second-order valence-corrected chi connectivity index (χ2v) is 7.52. The minimum Gasteiger partial charge on any atom is -0.497 e. The minimum atomic E-state index is -3.57. The number of fused-ring (bicyclic) bond motifs is 1. The zero-order chi connectivity index (χ0) is 18.0.